The maximum atomic E-state index is 5.68. The van der Waals surface area contributed by atoms with E-state index in [0.29, 0.717) is 38.9 Å². The van der Waals surface area contributed by atoms with Crippen LogP contribution in [-0.4, -0.2) is 46.5 Å². The average Bonchev–Trinajstić information content (AvgIpc) is 2.51. The summed E-state index contributed by atoms with van der Waals surface area (Å²) in [5.41, 5.74) is 6.80. The molecule has 1 aromatic rings. The third-order valence-corrected chi connectivity index (χ3v) is 2.77. The van der Waals surface area contributed by atoms with Gasteiger partial charge in [0.2, 0.25) is 0 Å². The van der Waals surface area contributed by atoms with Crippen molar-refractivity contribution < 1.29 is 14.2 Å². The molecule has 1 rings (SSSR count). The molecule has 0 saturated heterocycles. The third-order valence-electron chi connectivity index (χ3n) is 2.77. The van der Waals surface area contributed by atoms with Crippen LogP contribution in [0.4, 0.5) is 0 Å². The van der Waals surface area contributed by atoms with Crippen LogP contribution in [0.5, 0.6) is 5.75 Å². The van der Waals surface area contributed by atoms with Crippen LogP contribution in [0.3, 0.4) is 0 Å². The molecule has 3 N–H and O–H groups in total. The number of rotatable bonds is 10. The first-order chi connectivity index (χ1) is 10.3. The van der Waals surface area contributed by atoms with Crippen LogP contribution in [0.15, 0.2) is 29.3 Å². The Morgan fingerprint density at radius 1 is 1.18 bits per heavy atom. The van der Waals surface area contributed by atoms with E-state index in [4.69, 9.17) is 19.9 Å². The molecule has 0 bridgehead atoms. The smallest absolute Gasteiger partial charge is 0.188 e. The summed E-state index contributed by atoms with van der Waals surface area (Å²) in [6, 6.07) is 7.84. The van der Waals surface area contributed by atoms with Gasteiger partial charge in [-0.05, 0) is 24.1 Å². The Morgan fingerprint density at radius 2 is 1.91 bits per heavy atom. The summed E-state index contributed by atoms with van der Waals surface area (Å²) in [4.78, 5) is 4.19. The molecule has 0 aromatic heterocycles. The number of aliphatic imine (C=N–C) groups is 1. The second-order valence-electron chi connectivity index (χ2n) is 4.44. The van der Waals surface area contributed by atoms with Crippen molar-refractivity contribution in [2.24, 2.45) is 10.7 Å². The minimum atomic E-state index is 0. The van der Waals surface area contributed by atoms with Crippen LogP contribution >= 0.6 is 24.0 Å². The van der Waals surface area contributed by atoms with E-state index in [-0.39, 0.29) is 24.0 Å². The Balaban J connectivity index is 0.00000441. The van der Waals surface area contributed by atoms with Gasteiger partial charge in [0, 0.05) is 26.8 Å². The molecule has 7 heteroatoms. The van der Waals surface area contributed by atoms with E-state index in [0.717, 1.165) is 17.7 Å². The lowest BCUT2D eigenvalue weighted by atomic mass is 10.2. The lowest BCUT2D eigenvalue weighted by molar-refractivity contribution is 0.120. The zero-order valence-corrected chi connectivity index (χ0v) is 15.5. The van der Waals surface area contributed by atoms with Gasteiger partial charge in [-0.3, -0.25) is 4.99 Å². The van der Waals surface area contributed by atoms with Gasteiger partial charge in [0.15, 0.2) is 5.96 Å². The van der Waals surface area contributed by atoms with E-state index in [9.17, 15) is 0 Å². The molecule has 0 heterocycles. The summed E-state index contributed by atoms with van der Waals surface area (Å²) >= 11 is 0. The largest absolute Gasteiger partial charge is 0.497 e. The second kappa shape index (κ2) is 13.6. The highest BCUT2D eigenvalue weighted by molar-refractivity contribution is 14.0. The van der Waals surface area contributed by atoms with Crippen LogP contribution in [-0.2, 0) is 16.1 Å². The lowest BCUT2D eigenvalue weighted by Crippen LogP contribution is -2.34. The molecule has 0 aliphatic rings. The average molecular weight is 423 g/mol. The standard InChI is InChI=1S/C15H25N3O3.HI/c1-19-11-9-18-15(16)17-8-3-10-21-12-13-4-6-14(20-2)7-5-13;/h4-7H,3,8-12H2,1-2H3,(H3,16,17,18);1H. The molecule has 0 atom stereocenters. The number of hydrogen-bond acceptors (Lipinski definition) is 4. The van der Waals surface area contributed by atoms with Crippen LogP contribution in [0, 0.1) is 0 Å². The van der Waals surface area contributed by atoms with Gasteiger partial charge in [-0.1, -0.05) is 12.1 Å². The number of nitrogens with zero attached hydrogens (tertiary/aromatic N) is 1. The number of nitrogens with one attached hydrogen (secondary N) is 1. The zero-order valence-electron chi connectivity index (χ0n) is 13.2. The molecule has 0 spiro atoms. The minimum absolute atomic E-state index is 0. The van der Waals surface area contributed by atoms with Crippen LogP contribution in [0.2, 0.25) is 0 Å². The van der Waals surface area contributed by atoms with Gasteiger partial charge < -0.3 is 25.3 Å². The molecule has 6 nitrogen and oxygen atoms in total. The number of benzene rings is 1. The van der Waals surface area contributed by atoms with E-state index in [2.05, 4.69) is 10.3 Å². The van der Waals surface area contributed by atoms with E-state index < -0.39 is 0 Å². The van der Waals surface area contributed by atoms with E-state index >= 15 is 0 Å². The molecule has 126 valence electrons. The Kier molecular flexibility index (Phi) is 12.9. The van der Waals surface area contributed by atoms with Gasteiger partial charge in [0.05, 0.1) is 20.3 Å². The molecule has 0 aliphatic heterocycles. The number of methoxy groups -OCH3 is 2. The molecule has 0 radical (unpaired) electrons. The van der Waals surface area contributed by atoms with Crippen molar-refractivity contribution in [1.29, 1.82) is 0 Å². The first-order valence-corrected chi connectivity index (χ1v) is 6.99. The van der Waals surface area contributed by atoms with Crippen molar-refractivity contribution in [3.8, 4) is 5.75 Å². The van der Waals surface area contributed by atoms with Gasteiger partial charge in [0.1, 0.15) is 5.75 Å². The fourth-order valence-electron chi connectivity index (χ4n) is 1.61. The summed E-state index contributed by atoms with van der Waals surface area (Å²) in [6.07, 6.45) is 0.836. The van der Waals surface area contributed by atoms with Crippen molar-refractivity contribution in [1.82, 2.24) is 5.32 Å². The molecule has 0 fully saturated rings. The highest BCUT2D eigenvalue weighted by Gasteiger charge is 1.95. The van der Waals surface area contributed by atoms with Crippen LogP contribution in [0.1, 0.15) is 12.0 Å². The molecular formula is C15H26IN3O3. The van der Waals surface area contributed by atoms with Crippen molar-refractivity contribution >= 4 is 29.9 Å². The normalized spacial score (nSPS) is 10.9. The summed E-state index contributed by atoms with van der Waals surface area (Å²) in [6.45, 7) is 3.17. The molecule has 1 aromatic carbocycles. The molecular weight excluding hydrogens is 397 g/mol. The Morgan fingerprint density at radius 3 is 2.55 bits per heavy atom. The quantitative estimate of drug-likeness (QED) is 0.260. The zero-order chi connectivity index (χ0) is 15.3. The Hall–Kier alpha value is -1.06. The number of halogens is 1. The number of hydrogen-bond donors (Lipinski definition) is 2. The van der Waals surface area contributed by atoms with Crippen molar-refractivity contribution in [3.63, 3.8) is 0 Å². The summed E-state index contributed by atoms with van der Waals surface area (Å²) in [5.74, 6) is 1.30. The fourth-order valence-corrected chi connectivity index (χ4v) is 1.61. The van der Waals surface area contributed by atoms with Crippen molar-refractivity contribution in [2.75, 3.05) is 40.5 Å². The van der Waals surface area contributed by atoms with E-state index in [1.807, 2.05) is 24.3 Å². The monoisotopic (exact) mass is 423 g/mol. The maximum Gasteiger partial charge on any atom is 0.188 e. The number of ether oxygens (including phenoxy) is 3. The minimum Gasteiger partial charge on any atom is -0.497 e. The molecule has 0 aliphatic carbocycles. The van der Waals surface area contributed by atoms with Gasteiger partial charge in [-0.25, -0.2) is 0 Å². The van der Waals surface area contributed by atoms with Crippen LogP contribution < -0.4 is 15.8 Å². The lowest BCUT2D eigenvalue weighted by Gasteiger charge is -2.06. The van der Waals surface area contributed by atoms with Gasteiger partial charge >= 0.3 is 0 Å². The summed E-state index contributed by atoms with van der Waals surface area (Å²) in [5, 5.41) is 2.96. The second-order valence-corrected chi connectivity index (χ2v) is 4.44. The van der Waals surface area contributed by atoms with Gasteiger partial charge in [-0.15, -0.1) is 24.0 Å². The number of nitrogens with two attached hydrogens (primary N) is 1. The molecule has 0 unspecified atom stereocenters. The predicted octanol–water partition coefficient (Wildman–Crippen LogP) is 1.77. The predicted molar refractivity (Wildman–Crippen MR) is 99.1 cm³/mol. The summed E-state index contributed by atoms with van der Waals surface area (Å²) < 4.78 is 15.6. The van der Waals surface area contributed by atoms with E-state index in [1.165, 1.54) is 0 Å². The summed E-state index contributed by atoms with van der Waals surface area (Å²) in [7, 11) is 3.30. The maximum absolute atomic E-state index is 5.68. The highest BCUT2D eigenvalue weighted by Crippen LogP contribution is 2.11. The van der Waals surface area contributed by atoms with Gasteiger partial charge in [-0.2, -0.15) is 0 Å². The van der Waals surface area contributed by atoms with Crippen molar-refractivity contribution in [2.45, 2.75) is 13.0 Å². The first kappa shape index (κ1) is 20.9. The Labute approximate surface area is 149 Å². The topological polar surface area (TPSA) is 78.1 Å². The fraction of sp³-hybridized carbons (Fsp3) is 0.533. The molecule has 0 saturated carbocycles. The Bertz CT molecular complexity index is 413. The van der Waals surface area contributed by atoms with Crippen molar-refractivity contribution in [3.05, 3.63) is 29.8 Å². The van der Waals surface area contributed by atoms with Gasteiger partial charge in [0.25, 0.3) is 0 Å². The SMILES string of the molecule is COCCNC(N)=NCCCOCc1ccc(OC)cc1.I. The first-order valence-electron chi connectivity index (χ1n) is 6.99. The molecule has 22 heavy (non-hydrogen) atoms. The molecule has 0 amide bonds. The number of guanidine groups is 1. The van der Waals surface area contributed by atoms with E-state index in [1.54, 1.807) is 14.2 Å². The highest BCUT2D eigenvalue weighted by atomic mass is 127. The third kappa shape index (κ3) is 9.80. The van der Waals surface area contributed by atoms with Crippen LogP contribution in [0.25, 0.3) is 0 Å².